The molecule has 2 atom stereocenters. The van der Waals surface area contributed by atoms with E-state index in [1.807, 2.05) is 6.07 Å². The molecule has 0 spiro atoms. The van der Waals surface area contributed by atoms with Crippen LogP contribution >= 0.6 is 24.8 Å². The molecule has 1 N–H and O–H groups in total. The van der Waals surface area contributed by atoms with Crippen molar-refractivity contribution < 1.29 is 9.90 Å². The van der Waals surface area contributed by atoms with Gasteiger partial charge in [-0.15, -0.1) is 24.8 Å². The van der Waals surface area contributed by atoms with E-state index in [9.17, 15) is 4.79 Å². The highest BCUT2D eigenvalue weighted by Crippen LogP contribution is 2.37. The molecule has 0 amide bonds. The Labute approximate surface area is 70.8 Å². The molecule has 0 radical (unpaired) electrons. The van der Waals surface area contributed by atoms with Crippen molar-refractivity contribution in [3.8, 4) is 6.07 Å². The summed E-state index contributed by atoms with van der Waals surface area (Å²) in [6, 6.07) is 1.89. The van der Waals surface area contributed by atoms with Crippen LogP contribution in [0.3, 0.4) is 0 Å². The monoisotopic (exact) mass is 183 g/mol. The molecule has 10 heavy (non-hydrogen) atoms. The molecule has 5 heteroatoms. The molecular formula is C5H7Cl2NO2. The number of hydrogen-bond acceptors (Lipinski definition) is 2. The zero-order valence-corrected chi connectivity index (χ0v) is 6.61. The molecule has 0 bridgehead atoms. The maximum absolute atomic E-state index is 9.98. The predicted molar refractivity (Wildman–Crippen MR) is 39.3 cm³/mol. The molecule has 1 fully saturated rings. The molecule has 0 heterocycles. The van der Waals surface area contributed by atoms with Gasteiger partial charge in [-0.05, 0) is 6.42 Å². The third-order valence-electron chi connectivity index (χ3n) is 1.27. The fourth-order valence-electron chi connectivity index (χ4n) is 0.611. The Morgan fingerprint density at radius 3 is 2.20 bits per heavy atom. The second-order valence-electron chi connectivity index (χ2n) is 1.92. The molecule has 0 aromatic rings. The van der Waals surface area contributed by atoms with Gasteiger partial charge in [0.15, 0.2) is 0 Å². The van der Waals surface area contributed by atoms with Crippen LogP contribution in [0, 0.1) is 23.2 Å². The Hall–Kier alpha value is -0.460. The van der Waals surface area contributed by atoms with E-state index in [0.29, 0.717) is 6.42 Å². The van der Waals surface area contributed by atoms with E-state index < -0.39 is 5.97 Å². The van der Waals surface area contributed by atoms with Gasteiger partial charge < -0.3 is 5.11 Å². The summed E-state index contributed by atoms with van der Waals surface area (Å²) >= 11 is 0. The zero-order valence-electron chi connectivity index (χ0n) is 4.98. The minimum Gasteiger partial charge on any atom is -0.481 e. The quantitative estimate of drug-likeness (QED) is 0.662. The molecule has 2 unspecified atom stereocenters. The van der Waals surface area contributed by atoms with Gasteiger partial charge in [0.05, 0.1) is 17.9 Å². The highest BCUT2D eigenvalue weighted by molar-refractivity contribution is 5.85. The molecule has 3 nitrogen and oxygen atoms in total. The molecule has 1 aliphatic rings. The van der Waals surface area contributed by atoms with Crippen molar-refractivity contribution in [1.82, 2.24) is 0 Å². The van der Waals surface area contributed by atoms with Crippen molar-refractivity contribution in [3.05, 3.63) is 0 Å². The van der Waals surface area contributed by atoms with Crippen LogP contribution in [-0.4, -0.2) is 11.1 Å². The van der Waals surface area contributed by atoms with Gasteiger partial charge in [-0.25, -0.2) is 0 Å². The number of carbonyl (C=O) groups is 1. The van der Waals surface area contributed by atoms with Crippen LogP contribution in [0.1, 0.15) is 6.42 Å². The van der Waals surface area contributed by atoms with E-state index in [0.717, 1.165) is 0 Å². The molecule has 1 aliphatic carbocycles. The number of carboxylic acid groups (broad SMARTS) is 1. The first-order chi connectivity index (χ1) is 3.75. The predicted octanol–water partition coefficient (Wildman–Crippen LogP) is 1.07. The van der Waals surface area contributed by atoms with Crippen molar-refractivity contribution in [2.75, 3.05) is 0 Å². The molecule has 0 aliphatic heterocycles. The van der Waals surface area contributed by atoms with Crippen LogP contribution in [-0.2, 0) is 4.79 Å². The minimum atomic E-state index is -0.837. The third kappa shape index (κ3) is 2.42. The van der Waals surface area contributed by atoms with Crippen LogP contribution in [0.2, 0.25) is 0 Å². The van der Waals surface area contributed by atoms with Crippen LogP contribution in [0.4, 0.5) is 0 Å². The van der Waals surface area contributed by atoms with E-state index in [1.165, 1.54) is 0 Å². The first kappa shape index (κ1) is 12.2. The van der Waals surface area contributed by atoms with Gasteiger partial charge in [0.1, 0.15) is 0 Å². The van der Waals surface area contributed by atoms with E-state index in [-0.39, 0.29) is 36.6 Å². The summed E-state index contributed by atoms with van der Waals surface area (Å²) in [4.78, 5) is 9.98. The lowest BCUT2D eigenvalue weighted by Gasteiger charge is -1.78. The van der Waals surface area contributed by atoms with Crippen LogP contribution in [0.15, 0.2) is 0 Å². The highest BCUT2D eigenvalue weighted by atomic mass is 35.5. The summed E-state index contributed by atoms with van der Waals surface area (Å²) in [5.41, 5.74) is 0. The van der Waals surface area contributed by atoms with E-state index in [1.54, 1.807) is 0 Å². The number of nitriles is 1. The van der Waals surface area contributed by atoms with E-state index in [2.05, 4.69) is 0 Å². The smallest absolute Gasteiger partial charge is 0.307 e. The zero-order chi connectivity index (χ0) is 6.15. The van der Waals surface area contributed by atoms with Gasteiger partial charge in [-0.3, -0.25) is 4.79 Å². The van der Waals surface area contributed by atoms with Crippen LogP contribution in [0.5, 0.6) is 0 Å². The average molecular weight is 184 g/mol. The molecular weight excluding hydrogens is 177 g/mol. The van der Waals surface area contributed by atoms with Crippen molar-refractivity contribution in [2.24, 2.45) is 11.8 Å². The molecule has 58 valence electrons. The third-order valence-corrected chi connectivity index (χ3v) is 1.27. The van der Waals surface area contributed by atoms with Gasteiger partial charge in [-0.1, -0.05) is 0 Å². The van der Waals surface area contributed by atoms with E-state index in [4.69, 9.17) is 10.4 Å². The lowest BCUT2D eigenvalue weighted by molar-refractivity contribution is -0.138. The Bertz CT molecular complexity index is 166. The summed E-state index contributed by atoms with van der Waals surface area (Å²) in [6.07, 6.45) is 0.547. The average Bonchev–Trinajstić information content (AvgIpc) is 2.42. The molecule has 1 saturated carbocycles. The van der Waals surface area contributed by atoms with Gasteiger partial charge >= 0.3 is 5.97 Å². The lowest BCUT2D eigenvalue weighted by atomic mass is 10.3. The first-order valence-electron chi connectivity index (χ1n) is 2.38. The van der Waals surface area contributed by atoms with Gasteiger partial charge in [0.25, 0.3) is 0 Å². The number of aliphatic carboxylic acids is 1. The Balaban J connectivity index is 0. The number of hydrogen-bond donors (Lipinski definition) is 1. The fraction of sp³-hybridized carbons (Fsp3) is 0.600. The SMILES string of the molecule is Cl.Cl.N#CC1CC1C(=O)O. The van der Waals surface area contributed by atoms with Gasteiger partial charge in [0.2, 0.25) is 0 Å². The van der Waals surface area contributed by atoms with Crippen LogP contribution < -0.4 is 0 Å². The van der Waals surface area contributed by atoms with Crippen molar-refractivity contribution in [2.45, 2.75) is 6.42 Å². The van der Waals surface area contributed by atoms with Gasteiger partial charge in [0, 0.05) is 0 Å². The Morgan fingerprint density at radius 2 is 2.10 bits per heavy atom. The van der Waals surface area contributed by atoms with Crippen molar-refractivity contribution in [3.63, 3.8) is 0 Å². The summed E-state index contributed by atoms with van der Waals surface area (Å²) < 4.78 is 0. The Morgan fingerprint density at radius 1 is 1.60 bits per heavy atom. The summed E-state index contributed by atoms with van der Waals surface area (Å²) in [6.45, 7) is 0. The van der Waals surface area contributed by atoms with Crippen molar-refractivity contribution in [1.29, 1.82) is 5.26 Å². The topological polar surface area (TPSA) is 61.1 Å². The number of halogens is 2. The number of nitrogens with zero attached hydrogens (tertiary/aromatic N) is 1. The normalized spacial score (nSPS) is 26.7. The summed E-state index contributed by atoms with van der Waals surface area (Å²) in [7, 11) is 0. The molecule has 1 rings (SSSR count). The second kappa shape index (κ2) is 4.37. The molecule has 0 aromatic carbocycles. The van der Waals surface area contributed by atoms with Crippen LogP contribution in [0.25, 0.3) is 0 Å². The standard InChI is InChI=1S/C5H5NO2.2ClH/c6-2-3-1-4(3)5(7)8;;/h3-4H,1H2,(H,7,8);2*1H. The summed E-state index contributed by atoms with van der Waals surface area (Å²) in [5.74, 6) is -1.40. The highest BCUT2D eigenvalue weighted by Gasteiger charge is 2.43. The van der Waals surface area contributed by atoms with Gasteiger partial charge in [-0.2, -0.15) is 5.26 Å². The number of rotatable bonds is 1. The summed E-state index contributed by atoms with van der Waals surface area (Å²) in [5, 5.41) is 16.3. The minimum absolute atomic E-state index is 0. The van der Waals surface area contributed by atoms with Crippen molar-refractivity contribution >= 4 is 30.8 Å². The first-order valence-corrected chi connectivity index (χ1v) is 2.38. The Kier molecular flexibility index (Phi) is 5.35. The number of carboxylic acids is 1. The lowest BCUT2D eigenvalue weighted by Crippen LogP contribution is -1.97. The maximum atomic E-state index is 9.98. The maximum Gasteiger partial charge on any atom is 0.307 e. The largest absolute Gasteiger partial charge is 0.481 e. The van der Waals surface area contributed by atoms with E-state index >= 15 is 0 Å². The molecule has 0 saturated heterocycles. The second-order valence-corrected chi connectivity index (χ2v) is 1.92. The molecule has 0 aromatic heterocycles. The fourth-order valence-corrected chi connectivity index (χ4v) is 0.611.